The van der Waals surface area contributed by atoms with Crippen molar-refractivity contribution in [3.05, 3.63) is 47.7 Å². The fourth-order valence-electron chi connectivity index (χ4n) is 3.18. The van der Waals surface area contributed by atoms with Crippen molar-refractivity contribution in [3.63, 3.8) is 0 Å². The Balaban J connectivity index is 1.37. The third-order valence-electron chi connectivity index (χ3n) is 4.80. The van der Waals surface area contributed by atoms with Crippen molar-refractivity contribution < 1.29 is 9.57 Å². The number of anilines is 1. The lowest BCUT2D eigenvalue weighted by Crippen LogP contribution is -2.34. The normalized spacial score (nSPS) is 15.3. The van der Waals surface area contributed by atoms with Crippen molar-refractivity contribution in [3.8, 4) is 5.75 Å². The first-order valence-electron chi connectivity index (χ1n) is 9.68. The summed E-state index contributed by atoms with van der Waals surface area (Å²) < 4.78 is 5.90. The number of piperidine rings is 1. The Bertz CT molecular complexity index is 708. The fourth-order valence-corrected chi connectivity index (χ4v) is 3.18. The molecule has 0 radical (unpaired) electrons. The fraction of sp³-hybridized carbons (Fsp3) is 0.476. The molecule has 1 aliphatic heterocycles. The molecule has 0 N–H and O–H groups in total. The number of nitrogens with zero attached hydrogens (tertiary/aromatic N) is 4. The summed E-state index contributed by atoms with van der Waals surface area (Å²) >= 11 is 0. The van der Waals surface area contributed by atoms with Crippen molar-refractivity contribution >= 4 is 12.0 Å². The number of ether oxygens (including phenoxy) is 1. The Morgan fingerprint density at radius 3 is 2.56 bits per heavy atom. The smallest absolute Gasteiger partial charge is 0.151 e. The molecule has 6 heteroatoms. The molecule has 1 aliphatic rings. The molecule has 3 rings (SSSR count). The Kier molecular flexibility index (Phi) is 7.02. The summed E-state index contributed by atoms with van der Waals surface area (Å²) in [5, 5.41) is 12.3. The van der Waals surface area contributed by atoms with Crippen LogP contribution in [0.1, 0.15) is 37.4 Å². The van der Waals surface area contributed by atoms with E-state index in [4.69, 9.17) is 9.57 Å². The average Bonchev–Trinajstić information content (AvgIpc) is 2.71. The van der Waals surface area contributed by atoms with Gasteiger partial charge in [0.1, 0.15) is 12.4 Å². The molecule has 1 aromatic heterocycles. The van der Waals surface area contributed by atoms with Crippen LogP contribution in [-0.2, 0) is 4.84 Å². The van der Waals surface area contributed by atoms with E-state index < -0.39 is 0 Å². The molecule has 0 unspecified atom stereocenters. The third-order valence-corrected chi connectivity index (χ3v) is 4.80. The Morgan fingerprint density at radius 2 is 1.89 bits per heavy atom. The number of benzene rings is 1. The Labute approximate surface area is 161 Å². The van der Waals surface area contributed by atoms with Crippen molar-refractivity contribution in [2.75, 3.05) is 31.2 Å². The van der Waals surface area contributed by atoms with Crippen LogP contribution in [0, 0.1) is 12.8 Å². The van der Waals surface area contributed by atoms with E-state index in [1.165, 1.54) is 12.8 Å². The molecule has 0 bridgehead atoms. The van der Waals surface area contributed by atoms with E-state index in [0.717, 1.165) is 48.9 Å². The molecule has 0 spiro atoms. The zero-order valence-electron chi connectivity index (χ0n) is 16.2. The van der Waals surface area contributed by atoms with E-state index in [-0.39, 0.29) is 0 Å². The molecular weight excluding hydrogens is 340 g/mol. The predicted molar refractivity (Wildman–Crippen MR) is 107 cm³/mol. The molecule has 1 fully saturated rings. The van der Waals surface area contributed by atoms with Gasteiger partial charge in [0.25, 0.3) is 0 Å². The van der Waals surface area contributed by atoms with Gasteiger partial charge >= 0.3 is 0 Å². The highest BCUT2D eigenvalue weighted by molar-refractivity contribution is 5.79. The molecule has 0 atom stereocenters. The van der Waals surface area contributed by atoms with Crippen LogP contribution in [0.15, 0.2) is 41.6 Å². The van der Waals surface area contributed by atoms with Gasteiger partial charge in [-0.25, -0.2) is 0 Å². The van der Waals surface area contributed by atoms with Crippen LogP contribution in [0.3, 0.4) is 0 Å². The summed E-state index contributed by atoms with van der Waals surface area (Å²) in [4.78, 5) is 7.29. The van der Waals surface area contributed by atoms with Crippen molar-refractivity contribution in [2.45, 2.75) is 33.1 Å². The molecule has 0 saturated carbocycles. The van der Waals surface area contributed by atoms with Gasteiger partial charge in [0.2, 0.25) is 0 Å². The van der Waals surface area contributed by atoms with Crippen LogP contribution < -0.4 is 9.64 Å². The van der Waals surface area contributed by atoms with E-state index in [1.807, 2.05) is 44.2 Å². The summed E-state index contributed by atoms with van der Waals surface area (Å²) in [6.07, 6.45) is 5.14. The van der Waals surface area contributed by atoms with Gasteiger partial charge in [-0.1, -0.05) is 5.16 Å². The van der Waals surface area contributed by atoms with Crippen LogP contribution in [-0.4, -0.2) is 42.7 Å². The van der Waals surface area contributed by atoms with E-state index in [2.05, 4.69) is 26.3 Å². The van der Waals surface area contributed by atoms with Crippen LogP contribution in [0.5, 0.6) is 5.75 Å². The second kappa shape index (κ2) is 9.90. The lowest BCUT2D eigenvalue weighted by atomic mass is 9.94. The van der Waals surface area contributed by atoms with Gasteiger partial charge in [0.15, 0.2) is 5.82 Å². The minimum absolute atomic E-state index is 0.578. The van der Waals surface area contributed by atoms with Crippen LogP contribution in [0.2, 0.25) is 0 Å². The molecule has 2 aromatic rings. The van der Waals surface area contributed by atoms with Gasteiger partial charge in [-0.3, -0.25) is 0 Å². The summed E-state index contributed by atoms with van der Waals surface area (Å²) in [6, 6.07) is 12.0. The second-order valence-electron chi connectivity index (χ2n) is 6.82. The number of aryl methyl sites for hydroxylation is 1. The van der Waals surface area contributed by atoms with Gasteiger partial charge in [-0.2, -0.15) is 5.10 Å². The maximum absolute atomic E-state index is 5.90. The second-order valence-corrected chi connectivity index (χ2v) is 6.82. The molecule has 1 aromatic carbocycles. The number of hydrogen-bond acceptors (Lipinski definition) is 6. The quantitative estimate of drug-likeness (QED) is 0.523. The van der Waals surface area contributed by atoms with Crippen LogP contribution in [0.4, 0.5) is 5.82 Å². The predicted octanol–water partition coefficient (Wildman–Crippen LogP) is 3.84. The number of hydrogen-bond donors (Lipinski definition) is 0. The van der Waals surface area contributed by atoms with E-state index in [9.17, 15) is 0 Å². The number of oxime groups is 1. The SMILES string of the molecule is CCO/N=C\c1ccc(OCCC2CCN(c3ccc(C)nn3)CC2)cc1. The topological polar surface area (TPSA) is 59.8 Å². The first-order chi connectivity index (χ1) is 13.2. The van der Waals surface area contributed by atoms with E-state index in [1.54, 1.807) is 6.21 Å². The first-order valence-corrected chi connectivity index (χ1v) is 9.68. The Hall–Kier alpha value is -2.63. The van der Waals surface area contributed by atoms with Crippen LogP contribution >= 0.6 is 0 Å². The highest BCUT2D eigenvalue weighted by Gasteiger charge is 2.20. The highest BCUT2D eigenvalue weighted by atomic mass is 16.6. The molecule has 1 saturated heterocycles. The minimum atomic E-state index is 0.578. The Morgan fingerprint density at radius 1 is 1.11 bits per heavy atom. The molecular formula is C21H28N4O2. The average molecular weight is 368 g/mol. The van der Waals surface area contributed by atoms with Gasteiger partial charge in [-0.05, 0) is 81.0 Å². The number of rotatable bonds is 8. The van der Waals surface area contributed by atoms with Gasteiger partial charge in [-0.15, -0.1) is 5.10 Å². The molecule has 0 aliphatic carbocycles. The summed E-state index contributed by atoms with van der Waals surface area (Å²) in [5.41, 5.74) is 1.96. The van der Waals surface area contributed by atoms with Crippen molar-refractivity contribution in [1.82, 2.24) is 10.2 Å². The largest absolute Gasteiger partial charge is 0.494 e. The molecule has 144 valence electrons. The molecule has 27 heavy (non-hydrogen) atoms. The zero-order chi connectivity index (χ0) is 18.9. The van der Waals surface area contributed by atoms with Gasteiger partial charge in [0.05, 0.1) is 18.5 Å². The molecule has 6 nitrogen and oxygen atoms in total. The lowest BCUT2D eigenvalue weighted by Gasteiger charge is -2.32. The van der Waals surface area contributed by atoms with Crippen molar-refractivity contribution in [2.24, 2.45) is 11.1 Å². The zero-order valence-corrected chi connectivity index (χ0v) is 16.2. The monoisotopic (exact) mass is 368 g/mol. The lowest BCUT2D eigenvalue weighted by molar-refractivity contribution is 0.160. The van der Waals surface area contributed by atoms with E-state index in [0.29, 0.717) is 12.5 Å². The summed E-state index contributed by atoms with van der Waals surface area (Å²) in [6.45, 7) is 7.28. The minimum Gasteiger partial charge on any atom is -0.494 e. The highest BCUT2D eigenvalue weighted by Crippen LogP contribution is 2.24. The maximum atomic E-state index is 5.90. The van der Waals surface area contributed by atoms with Crippen molar-refractivity contribution in [1.29, 1.82) is 0 Å². The number of aromatic nitrogens is 2. The van der Waals surface area contributed by atoms with E-state index >= 15 is 0 Å². The van der Waals surface area contributed by atoms with Crippen LogP contribution in [0.25, 0.3) is 0 Å². The standard InChI is InChI=1S/C21H28N4O2/c1-3-27-22-16-19-5-7-20(8-6-19)26-15-12-18-10-13-25(14-11-18)21-9-4-17(2)23-24-21/h4-9,16,18H,3,10-15H2,1-2H3/b22-16-. The summed E-state index contributed by atoms with van der Waals surface area (Å²) in [7, 11) is 0. The van der Waals surface area contributed by atoms with Gasteiger partial charge < -0.3 is 14.5 Å². The maximum Gasteiger partial charge on any atom is 0.151 e. The first kappa shape index (κ1) is 19.1. The molecule has 0 amide bonds. The third kappa shape index (κ3) is 5.94. The van der Waals surface area contributed by atoms with Gasteiger partial charge in [0, 0.05) is 13.1 Å². The summed E-state index contributed by atoms with van der Waals surface area (Å²) in [5.74, 6) is 2.59. The molecule has 2 heterocycles.